The summed E-state index contributed by atoms with van der Waals surface area (Å²) < 4.78 is 61.5. The Morgan fingerprint density at radius 3 is 2.25 bits per heavy atom. The summed E-state index contributed by atoms with van der Waals surface area (Å²) in [5, 5.41) is -0.389. The number of sulfone groups is 1. The topological polar surface area (TPSA) is 131 Å². The second-order valence-electron chi connectivity index (χ2n) is 6.94. The maximum absolute atomic E-state index is 13.0. The zero-order valence-corrected chi connectivity index (χ0v) is 19.3. The van der Waals surface area contributed by atoms with Crippen molar-refractivity contribution in [2.24, 2.45) is 0 Å². The van der Waals surface area contributed by atoms with Crippen LogP contribution in [0.1, 0.15) is 34.8 Å². The second kappa shape index (κ2) is 9.43. The second-order valence-corrected chi connectivity index (χ2v) is 11.1. The standard InChI is InChI=1S/C20H24N2O8S2/c1-3-29-20(24)16-9-10-18(30-16)32(27,28)22-13-11-21(12-14-22)19(23)15-7-5-6-8-17(15)31(25,26)4-2/h5-10H,3-4,11-14H2,1-2H3. The van der Waals surface area contributed by atoms with Crippen molar-refractivity contribution in [3.8, 4) is 0 Å². The van der Waals surface area contributed by atoms with Crippen LogP contribution in [0.25, 0.3) is 0 Å². The number of carbonyl (C=O) groups is 2. The summed E-state index contributed by atoms with van der Waals surface area (Å²) in [7, 11) is -7.61. The lowest BCUT2D eigenvalue weighted by molar-refractivity contribution is 0.0483. The van der Waals surface area contributed by atoms with Crippen LogP contribution in [0.3, 0.4) is 0 Å². The van der Waals surface area contributed by atoms with Gasteiger partial charge in [0, 0.05) is 26.2 Å². The highest BCUT2D eigenvalue weighted by atomic mass is 32.2. The molecule has 0 radical (unpaired) electrons. The number of amides is 1. The van der Waals surface area contributed by atoms with Gasteiger partial charge in [0.1, 0.15) is 0 Å². The fourth-order valence-electron chi connectivity index (χ4n) is 3.27. The van der Waals surface area contributed by atoms with Crippen LogP contribution < -0.4 is 0 Å². The van der Waals surface area contributed by atoms with E-state index in [1.54, 1.807) is 19.1 Å². The third kappa shape index (κ3) is 4.71. The third-order valence-electron chi connectivity index (χ3n) is 5.01. The summed E-state index contributed by atoms with van der Waals surface area (Å²) in [5.74, 6) is -1.59. The molecular formula is C20H24N2O8S2. The number of piperazine rings is 1. The molecule has 174 valence electrons. The number of esters is 1. The number of furan rings is 1. The van der Waals surface area contributed by atoms with Crippen LogP contribution in [0, 0.1) is 0 Å². The van der Waals surface area contributed by atoms with Crippen LogP contribution >= 0.6 is 0 Å². The highest BCUT2D eigenvalue weighted by Gasteiger charge is 2.34. The maximum atomic E-state index is 13.0. The van der Waals surface area contributed by atoms with Gasteiger partial charge in [-0.3, -0.25) is 4.79 Å². The van der Waals surface area contributed by atoms with Gasteiger partial charge in [0.25, 0.3) is 15.9 Å². The number of hydrogen-bond donors (Lipinski definition) is 0. The Bertz CT molecular complexity index is 1210. The van der Waals surface area contributed by atoms with E-state index in [1.165, 1.54) is 36.1 Å². The molecule has 0 unspecified atom stereocenters. The van der Waals surface area contributed by atoms with Gasteiger partial charge >= 0.3 is 5.97 Å². The molecule has 0 N–H and O–H groups in total. The van der Waals surface area contributed by atoms with Crippen LogP contribution in [-0.2, 0) is 24.6 Å². The number of ether oxygens (including phenoxy) is 1. The van der Waals surface area contributed by atoms with Crippen molar-refractivity contribution in [1.29, 1.82) is 0 Å². The predicted octanol–water partition coefficient (Wildman–Crippen LogP) is 1.40. The monoisotopic (exact) mass is 484 g/mol. The van der Waals surface area contributed by atoms with Gasteiger partial charge in [-0.15, -0.1) is 0 Å². The summed E-state index contributed by atoms with van der Waals surface area (Å²) in [6, 6.07) is 8.40. The lowest BCUT2D eigenvalue weighted by atomic mass is 10.2. The molecule has 0 saturated carbocycles. The van der Waals surface area contributed by atoms with Crippen molar-refractivity contribution in [1.82, 2.24) is 9.21 Å². The van der Waals surface area contributed by atoms with Crippen LogP contribution in [0.2, 0.25) is 0 Å². The van der Waals surface area contributed by atoms with Gasteiger partial charge in [-0.25, -0.2) is 21.6 Å². The molecule has 1 fully saturated rings. The Hall–Kier alpha value is -2.70. The van der Waals surface area contributed by atoms with E-state index in [9.17, 15) is 26.4 Å². The molecule has 0 bridgehead atoms. The SMILES string of the molecule is CCOC(=O)c1ccc(S(=O)(=O)N2CCN(C(=O)c3ccccc3S(=O)(=O)CC)CC2)o1. The molecule has 3 rings (SSSR count). The van der Waals surface area contributed by atoms with Gasteiger partial charge in [-0.05, 0) is 31.2 Å². The summed E-state index contributed by atoms with van der Waals surface area (Å²) in [4.78, 5) is 26.1. The molecule has 1 saturated heterocycles. The highest BCUT2D eigenvalue weighted by molar-refractivity contribution is 7.91. The smallest absolute Gasteiger partial charge is 0.374 e. The molecule has 1 aromatic heterocycles. The zero-order chi connectivity index (χ0) is 23.5. The first-order valence-corrected chi connectivity index (χ1v) is 13.1. The summed E-state index contributed by atoms with van der Waals surface area (Å²) in [5.41, 5.74) is 0.0655. The molecule has 1 aliphatic rings. The van der Waals surface area contributed by atoms with Gasteiger partial charge < -0.3 is 14.1 Å². The lowest BCUT2D eigenvalue weighted by Gasteiger charge is -2.33. The average Bonchev–Trinajstić information content (AvgIpc) is 3.30. The Morgan fingerprint density at radius 2 is 1.62 bits per heavy atom. The Labute approximate surface area is 186 Å². The Kier molecular flexibility index (Phi) is 7.06. The van der Waals surface area contributed by atoms with Crippen molar-refractivity contribution < 1.29 is 35.6 Å². The summed E-state index contributed by atoms with van der Waals surface area (Å²) in [6.45, 7) is 3.38. The Balaban J connectivity index is 1.73. The predicted molar refractivity (Wildman–Crippen MR) is 113 cm³/mol. The van der Waals surface area contributed by atoms with Gasteiger partial charge in [0.05, 0.1) is 22.8 Å². The molecule has 1 aromatic carbocycles. The van der Waals surface area contributed by atoms with Crippen molar-refractivity contribution in [3.05, 3.63) is 47.7 Å². The quantitative estimate of drug-likeness (QED) is 0.539. The van der Waals surface area contributed by atoms with Crippen LogP contribution in [0.5, 0.6) is 0 Å². The third-order valence-corrected chi connectivity index (χ3v) is 8.57. The first kappa shape index (κ1) is 24.0. The Morgan fingerprint density at radius 1 is 0.969 bits per heavy atom. The van der Waals surface area contributed by atoms with Gasteiger partial charge in [-0.2, -0.15) is 4.31 Å². The van der Waals surface area contributed by atoms with E-state index < -0.39 is 31.7 Å². The summed E-state index contributed by atoms with van der Waals surface area (Å²) in [6.07, 6.45) is 0. The molecule has 1 aliphatic heterocycles. The van der Waals surface area contributed by atoms with Crippen molar-refractivity contribution in [2.45, 2.75) is 23.8 Å². The van der Waals surface area contributed by atoms with Crippen molar-refractivity contribution in [2.75, 3.05) is 38.5 Å². The molecule has 0 atom stereocenters. The van der Waals surface area contributed by atoms with E-state index in [4.69, 9.17) is 9.15 Å². The normalized spacial score (nSPS) is 15.5. The van der Waals surface area contributed by atoms with E-state index in [-0.39, 0.29) is 59.9 Å². The maximum Gasteiger partial charge on any atom is 0.374 e. The first-order valence-electron chi connectivity index (χ1n) is 10.00. The molecule has 2 heterocycles. The van der Waals surface area contributed by atoms with E-state index >= 15 is 0 Å². The number of rotatable bonds is 7. The molecule has 2 aromatic rings. The van der Waals surface area contributed by atoms with E-state index in [1.807, 2.05) is 0 Å². The molecule has 32 heavy (non-hydrogen) atoms. The van der Waals surface area contributed by atoms with Crippen LogP contribution in [0.4, 0.5) is 0 Å². The van der Waals surface area contributed by atoms with Gasteiger partial charge in [0.15, 0.2) is 9.84 Å². The average molecular weight is 485 g/mol. The molecule has 0 aliphatic carbocycles. The van der Waals surface area contributed by atoms with E-state index in [0.717, 1.165) is 4.31 Å². The minimum absolute atomic E-state index is 0.00773. The first-order chi connectivity index (χ1) is 15.1. The largest absolute Gasteiger partial charge is 0.460 e. The molecule has 0 spiro atoms. The molecular weight excluding hydrogens is 460 g/mol. The number of carbonyl (C=O) groups excluding carboxylic acids is 2. The molecule has 10 nitrogen and oxygen atoms in total. The highest BCUT2D eigenvalue weighted by Crippen LogP contribution is 2.23. The minimum atomic E-state index is -4.01. The van der Waals surface area contributed by atoms with Crippen molar-refractivity contribution >= 4 is 31.7 Å². The van der Waals surface area contributed by atoms with Gasteiger partial charge in [-0.1, -0.05) is 19.1 Å². The fraction of sp³-hybridized carbons (Fsp3) is 0.400. The molecule has 12 heteroatoms. The van der Waals surface area contributed by atoms with Crippen LogP contribution in [0.15, 0.2) is 50.8 Å². The number of nitrogens with zero attached hydrogens (tertiary/aromatic N) is 2. The summed E-state index contributed by atoms with van der Waals surface area (Å²) >= 11 is 0. The van der Waals surface area contributed by atoms with E-state index in [2.05, 4.69) is 0 Å². The number of benzene rings is 1. The van der Waals surface area contributed by atoms with Crippen molar-refractivity contribution in [3.63, 3.8) is 0 Å². The van der Waals surface area contributed by atoms with Gasteiger partial charge in [0.2, 0.25) is 10.9 Å². The number of sulfonamides is 1. The number of hydrogen-bond acceptors (Lipinski definition) is 8. The lowest BCUT2D eigenvalue weighted by Crippen LogP contribution is -2.50. The fourth-order valence-corrected chi connectivity index (χ4v) is 5.69. The minimum Gasteiger partial charge on any atom is -0.460 e. The van der Waals surface area contributed by atoms with Crippen LogP contribution in [-0.4, -0.2) is 76.5 Å². The molecule has 1 amide bonds. The van der Waals surface area contributed by atoms with E-state index in [0.29, 0.717) is 0 Å². The zero-order valence-electron chi connectivity index (χ0n) is 17.7.